The summed E-state index contributed by atoms with van der Waals surface area (Å²) in [6, 6.07) is 8.30. The SMILES string of the molecule is COCCN=C1Nc2ccccc2NC12CCCNC2. The van der Waals surface area contributed by atoms with Gasteiger partial charge in [-0.3, -0.25) is 4.99 Å². The molecule has 1 unspecified atom stereocenters. The fourth-order valence-electron chi connectivity index (χ4n) is 2.92. The Kier molecular flexibility index (Phi) is 3.89. The Bertz CT molecular complexity index is 494. The van der Waals surface area contributed by atoms with Gasteiger partial charge in [0.15, 0.2) is 0 Å². The fourth-order valence-corrected chi connectivity index (χ4v) is 2.92. The Hall–Kier alpha value is -1.59. The average Bonchev–Trinajstić information content (AvgIpc) is 2.49. The number of anilines is 2. The Morgan fingerprint density at radius 2 is 2.15 bits per heavy atom. The van der Waals surface area contributed by atoms with Gasteiger partial charge in [0, 0.05) is 13.7 Å². The first-order valence-electron chi connectivity index (χ1n) is 7.23. The van der Waals surface area contributed by atoms with Gasteiger partial charge < -0.3 is 20.7 Å². The third-order valence-corrected chi connectivity index (χ3v) is 3.96. The van der Waals surface area contributed by atoms with Crippen molar-refractivity contribution in [3.63, 3.8) is 0 Å². The first-order chi connectivity index (χ1) is 9.84. The third kappa shape index (κ3) is 2.51. The van der Waals surface area contributed by atoms with Crippen LogP contribution in [-0.2, 0) is 4.74 Å². The number of methoxy groups -OCH3 is 1. The zero-order valence-corrected chi connectivity index (χ0v) is 11.9. The van der Waals surface area contributed by atoms with Gasteiger partial charge in [-0.05, 0) is 31.5 Å². The number of amidine groups is 1. The number of nitrogens with one attached hydrogen (secondary N) is 3. The number of fused-ring (bicyclic) bond motifs is 1. The summed E-state index contributed by atoms with van der Waals surface area (Å²) >= 11 is 0. The van der Waals surface area contributed by atoms with Crippen molar-refractivity contribution in [3.05, 3.63) is 24.3 Å². The monoisotopic (exact) mass is 274 g/mol. The standard InChI is InChI=1S/C15H22N4O/c1-20-10-9-17-14-15(7-4-8-16-11-15)19-13-6-3-2-5-12(13)18-14/h2-3,5-6,16,19H,4,7-11H2,1H3,(H,17,18). The van der Waals surface area contributed by atoms with Crippen LogP contribution in [0.2, 0.25) is 0 Å². The van der Waals surface area contributed by atoms with Crippen molar-refractivity contribution in [2.75, 3.05) is 44.0 Å². The van der Waals surface area contributed by atoms with Crippen LogP contribution in [0.4, 0.5) is 11.4 Å². The van der Waals surface area contributed by atoms with Gasteiger partial charge in [-0.15, -0.1) is 0 Å². The Morgan fingerprint density at radius 1 is 1.30 bits per heavy atom. The summed E-state index contributed by atoms with van der Waals surface area (Å²) in [6.07, 6.45) is 2.24. The number of rotatable bonds is 3. The topological polar surface area (TPSA) is 57.7 Å². The van der Waals surface area contributed by atoms with Crippen molar-refractivity contribution in [1.29, 1.82) is 0 Å². The molecular weight excluding hydrogens is 252 g/mol. The van der Waals surface area contributed by atoms with E-state index in [9.17, 15) is 0 Å². The summed E-state index contributed by atoms with van der Waals surface area (Å²) < 4.78 is 5.11. The van der Waals surface area contributed by atoms with E-state index >= 15 is 0 Å². The zero-order chi connectivity index (χ0) is 13.8. The maximum atomic E-state index is 5.11. The number of aliphatic imine (C=N–C) groups is 1. The number of piperidine rings is 1. The van der Waals surface area contributed by atoms with E-state index in [2.05, 4.69) is 34.1 Å². The van der Waals surface area contributed by atoms with E-state index in [0.29, 0.717) is 13.2 Å². The molecule has 1 aromatic carbocycles. The van der Waals surface area contributed by atoms with Crippen LogP contribution in [0.1, 0.15) is 12.8 Å². The van der Waals surface area contributed by atoms with Crippen LogP contribution in [0.5, 0.6) is 0 Å². The van der Waals surface area contributed by atoms with Gasteiger partial charge in [-0.2, -0.15) is 0 Å². The number of para-hydroxylation sites is 2. The average molecular weight is 274 g/mol. The summed E-state index contributed by atoms with van der Waals surface area (Å²) in [5, 5.41) is 10.7. The second kappa shape index (κ2) is 5.81. The molecule has 5 nitrogen and oxygen atoms in total. The van der Waals surface area contributed by atoms with E-state index in [1.54, 1.807) is 7.11 Å². The number of hydrogen-bond acceptors (Lipinski definition) is 4. The summed E-state index contributed by atoms with van der Waals surface area (Å²) in [4.78, 5) is 4.73. The van der Waals surface area contributed by atoms with E-state index in [0.717, 1.165) is 43.1 Å². The van der Waals surface area contributed by atoms with Crippen LogP contribution in [0, 0.1) is 0 Å². The van der Waals surface area contributed by atoms with Crippen molar-refractivity contribution in [3.8, 4) is 0 Å². The van der Waals surface area contributed by atoms with Crippen molar-refractivity contribution in [2.24, 2.45) is 4.99 Å². The molecule has 0 radical (unpaired) electrons. The van der Waals surface area contributed by atoms with Gasteiger partial charge in [0.25, 0.3) is 0 Å². The predicted octanol–water partition coefficient (Wildman–Crippen LogP) is 1.69. The molecule has 1 atom stereocenters. The highest BCUT2D eigenvalue weighted by atomic mass is 16.5. The number of ether oxygens (including phenoxy) is 1. The van der Waals surface area contributed by atoms with E-state index in [4.69, 9.17) is 9.73 Å². The molecule has 0 saturated carbocycles. The minimum atomic E-state index is -0.111. The van der Waals surface area contributed by atoms with E-state index in [-0.39, 0.29) is 5.54 Å². The van der Waals surface area contributed by atoms with Crippen molar-refractivity contribution in [2.45, 2.75) is 18.4 Å². The molecule has 3 N–H and O–H groups in total. The minimum absolute atomic E-state index is 0.111. The molecule has 0 amide bonds. The lowest BCUT2D eigenvalue weighted by Crippen LogP contribution is -2.61. The summed E-state index contributed by atoms with van der Waals surface area (Å²) in [5.74, 6) is 1.03. The minimum Gasteiger partial charge on any atom is -0.383 e. The molecule has 2 aliphatic rings. The van der Waals surface area contributed by atoms with Crippen LogP contribution >= 0.6 is 0 Å². The molecule has 2 aliphatic heterocycles. The second-order valence-corrected chi connectivity index (χ2v) is 5.38. The molecule has 0 bridgehead atoms. The van der Waals surface area contributed by atoms with Crippen molar-refractivity contribution < 1.29 is 4.74 Å². The lowest BCUT2D eigenvalue weighted by atomic mass is 9.86. The van der Waals surface area contributed by atoms with E-state index in [1.165, 1.54) is 0 Å². The molecule has 0 aliphatic carbocycles. The molecule has 3 rings (SSSR count). The quantitative estimate of drug-likeness (QED) is 0.734. The number of nitrogens with zero attached hydrogens (tertiary/aromatic N) is 1. The van der Waals surface area contributed by atoms with Gasteiger partial charge in [0.05, 0.1) is 24.5 Å². The van der Waals surface area contributed by atoms with E-state index < -0.39 is 0 Å². The molecule has 2 heterocycles. The van der Waals surface area contributed by atoms with Crippen LogP contribution in [-0.4, -0.2) is 44.7 Å². The predicted molar refractivity (Wildman–Crippen MR) is 82.7 cm³/mol. The molecule has 5 heteroatoms. The first-order valence-corrected chi connectivity index (χ1v) is 7.23. The van der Waals surface area contributed by atoms with Crippen LogP contribution in [0.3, 0.4) is 0 Å². The molecule has 1 aromatic rings. The third-order valence-electron chi connectivity index (χ3n) is 3.96. The fraction of sp³-hybridized carbons (Fsp3) is 0.533. The number of hydrogen-bond donors (Lipinski definition) is 3. The first kappa shape index (κ1) is 13.4. The zero-order valence-electron chi connectivity index (χ0n) is 11.9. The lowest BCUT2D eigenvalue weighted by Gasteiger charge is -2.44. The summed E-state index contributed by atoms with van der Waals surface area (Å²) in [5.41, 5.74) is 2.14. The van der Waals surface area contributed by atoms with Gasteiger partial charge in [-0.25, -0.2) is 0 Å². The summed E-state index contributed by atoms with van der Waals surface area (Å²) in [7, 11) is 1.71. The van der Waals surface area contributed by atoms with Crippen LogP contribution < -0.4 is 16.0 Å². The lowest BCUT2D eigenvalue weighted by molar-refractivity contribution is 0.208. The maximum absolute atomic E-state index is 5.11. The van der Waals surface area contributed by atoms with E-state index in [1.807, 2.05) is 6.07 Å². The number of benzene rings is 1. The molecule has 1 saturated heterocycles. The molecule has 1 spiro atoms. The smallest absolute Gasteiger partial charge is 0.128 e. The van der Waals surface area contributed by atoms with Gasteiger partial charge >= 0.3 is 0 Å². The summed E-state index contributed by atoms with van der Waals surface area (Å²) in [6.45, 7) is 3.32. The molecular formula is C15H22N4O. The molecule has 108 valence electrons. The Morgan fingerprint density at radius 3 is 2.90 bits per heavy atom. The Balaban J connectivity index is 1.90. The second-order valence-electron chi connectivity index (χ2n) is 5.38. The van der Waals surface area contributed by atoms with Gasteiger partial charge in [-0.1, -0.05) is 12.1 Å². The highest BCUT2D eigenvalue weighted by Gasteiger charge is 2.40. The van der Waals surface area contributed by atoms with Gasteiger partial charge in [0.2, 0.25) is 0 Å². The van der Waals surface area contributed by atoms with Crippen LogP contribution in [0.15, 0.2) is 29.3 Å². The van der Waals surface area contributed by atoms with Crippen molar-refractivity contribution >= 4 is 17.2 Å². The van der Waals surface area contributed by atoms with Crippen molar-refractivity contribution in [1.82, 2.24) is 5.32 Å². The highest BCUT2D eigenvalue weighted by Crippen LogP contribution is 2.34. The maximum Gasteiger partial charge on any atom is 0.128 e. The molecule has 1 fully saturated rings. The molecule has 0 aromatic heterocycles. The van der Waals surface area contributed by atoms with Gasteiger partial charge in [0.1, 0.15) is 11.4 Å². The Labute approximate surface area is 119 Å². The van der Waals surface area contributed by atoms with Crippen LogP contribution in [0.25, 0.3) is 0 Å². The normalized spacial score (nSPS) is 26.9. The largest absolute Gasteiger partial charge is 0.383 e. The highest BCUT2D eigenvalue weighted by molar-refractivity contribution is 6.09. The molecule has 20 heavy (non-hydrogen) atoms.